The summed E-state index contributed by atoms with van der Waals surface area (Å²) >= 11 is 37.2. The molecule has 0 aromatic heterocycles. The fraction of sp³-hybridized carbons (Fsp3) is 0.125. The van der Waals surface area contributed by atoms with Crippen molar-refractivity contribution in [3.63, 3.8) is 0 Å². The van der Waals surface area contributed by atoms with Crippen LogP contribution in [0.1, 0.15) is 43.0 Å². The Labute approximate surface area is 292 Å². The van der Waals surface area contributed by atoms with Gasteiger partial charge in [0.25, 0.3) is 0 Å². The Bertz CT molecular complexity index is 1700. The lowest BCUT2D eigenvalue weighted by atomic mass is 10.1. The van der Waals surface area contributed by atoms with Gasteiger partial charge >= 0.3 is 23.9 Å². The van der Waals surface area contributed by atoms with E-state index >= 15 is 0 Å². The zero-order valence-corrected chi connectivity index (χ0v) is 28.3. The smallest absolute Gasteiger partial charge is 0.423 e. The van der Waals surface area contributed by atoms with Gasteiger partial charge < -0.3 is 18.9 Å². The lowest BCUT2D eigenvalue weighted by Gasteiger charge is -2.15. The molecule has 4 aromatic rings. The molecular formula is C32H20Cl6O8. The number of aryl methyl sites for hydroxylation is 2. The van der Waals surface area contributed by atoms with Gasteiger partial charge in [0, 0.05) is 0 Å². The van der Waals surface area contributed by atoms with Crippen molar-refractivity contribution >= 4 is 93.5 Å². The molecule has 0 aliphatic rings. The second-order valence-electron chi connectivity index (χ2n) is 9.62. The fourth-order valence-electron chi connectivity index (χ4n) is 3.80. The van der Waals surface area contributed by atoms with E-state index in [1.165, 1.54) is 0 Å². The molecule has 0 radical (unpaired) electrons. The summed E-state index contributed by atoms with van der Waals surface area (Å²) in [6.07, 6.45) is 0. The van der Waals surface area contributed by atoms with Gasteiger partial charge in [-0.2, -0.15) is 0 Å². The molecule has 0 fully saturated rings. The molecule has 0 saturated heterocycles. The van der Waals surface area contributed by atoms with Crippen LogP contribution in [0.2, 0.25) is 30.1 Å². The number of ether oxygens (including phenoxy) is 4. The van der Waals surface area contributed by atoms with Crippen molar-refractivity contribution < 1.29 is 38.1 Å². The van der Waals surface area contributed by atoms with Crippen molar-refractivity contribution in [2.75, 3.05) is 0 Å². The zero-order chi connectivity index (χ0) is 33.7. The molecule has 0 N–H and O–H groups in total. The molecule has 4 rings (SSSR count). The molecule has 0 saturated carbocycles. The maximum Gasteiger partial charge on any atom is 0.423 e. The molecule has 0 spiro atoms. The number of rotatable bonds is 8. The number of carbonyl (C=O) groups is 4. The van der Waals surface area contributed by atoms with Crippen molar-refractivity contribution in [3.8, 4) is 11.5 Å². The molecule has 0 heterocycles. The highest BCUT2D eigenvalue weighted by molar-refractivity contribution is 6.47. The van der Waals surface area contributed by atoms with Crippen molar-refractivity contribution in [3.05, 3.63) is 124 Å². The van der Waals surface area contributed by atoms with Crippen LogP contribution in [0.5, 0.6) is 11.5 Å². The van der Waals surface area contributed by atoms with Crippen LogP contribution in [-0.2, 0) is 32.3 Å². The predicted octanol–water partition coefficient (Wildman–Crippen LogP) is 9.45. The summed E-state index contributed by atoms with van der Waals surface area (Å²) in [7, 11) is 0. The zero-order valence-electron chi connectivity index (χ0n) is 23.7. The summed E-state index contributed by atoms with van der Waals surface area (Å²) < 4.78 is 20.9. The summed E-state index contributed by atoms with van der Waals surface area (Å²) in [6, 6.07) is 16.4. The van der Waals surface area contributed by atoms with Crippen LogP contribution in [0.25, 0.3) is 0 Å². The number of hydrogen-bond acceptors (Lipinski definition) is 8. The van der Waals surface area contributed by atoms with E-state index in [0.717, 1.165) is 23.3 Å². The maximum absolute atomic E-state index is 13.1. The largest absolute Gasteiger partial charge is 0.457 e. The van der Waals surface area contributed by atoms with Crippen molar-refractivity contribution in [1.29, 1.82) is 0 Å². The van der Waals surface area contributed by atoms with Crippen LogP contribution in [0.15, 0.2) is 60.7 Å². The van der Waals surface area contributed by atoms with Gasteiger partial charge in [-0.25, -0.2) is 19.2 Å². The van der Waals surface area contributed by atoms with E-state index in [1.807, 2.05) is 38.1 Å². The number of halogens is 6. The molecule has 238 valence electrons. The van der Waals surface area contributed by atoms with Gasteiger partial charge in [0.1, 0.15) is 24.3 Å². The van der Waals surface area contributed by atoms with E-state index in [9.17, 15) is 19.2 Å². The molecule has 0 bridgehead atoms. The predicted molar refractivity (Wildman–Crippen MR) is 175 cm³/mol. The molecule has 0 aliphatic heterocycles. The third kappa shape index (κ3) is 8.45. The molecular weight excluding hydrogens is 725 g/mol. The van der Waals surface area contributed by atoms with Gasteiger partial charge in [0.15, 0.2) is 11.5 Å². The Morgan fingerprint density at radius 2 is 0.848 bits per heavy atom. The van der Waals surface area contributed by atoms with Gasteiger partial charge in [-0.3, -0.25) is 0 Å². The minimum absolute atomic E-state index is 0.160. The van der Waals surface area contributed by atoms with E-state index < -0.39 is 46.5 Å². The molecule has 4 aromatic carbocycles. The Morgan fingerprint density at radius 1 is 0.522 bits per heavy atom. The van der Waals surface area contributed by atoms with Crippen LogP contribution in [0, 0.1) is 13.8 Å². The highest BCUT2D eigenvalue weighted by Crippen LogP contribution is 2.42. The molecule has 14 heteroatoms. The van der Waals surface area contributed by atoms with Crippen molar-refractivity contribution in [1.82, 2.24) is 0 Å². The summed E-state index contributed by atoms with van der Waals surface area (Å²) in [5.74, 6) is -6.76. The molecule has 0 aliphatic carbocycles. The van der Waals surface area contributed by atoms with Gasteiger partial charge in [-0.15, -0.1) is 0 Å². The summed E-state index contributed by atoms with van der Waals surface area (Å²) in [6.45, 7) is 3.44. The molecule has 8 nitrogen and oxygen atoms in total. The first-order chi connectivity index (χ1) is 21.8. The lowest BCUT2D eigenvalue weighted by molar-refractivity contribution is -0.156. The van der Waals surface area contributed by atoms with E-state index in [0.29, 0.717) is 11.1 Å². The molecule has 46 heavy (non-hydrogen) atoms. The maximum atomic E-state index is 13.1. The van der Waals surface area contributed by atoms with E-state index in [1.54, 1.807) is 24.3 Å². The summed E-state index contributed by atoms with van der Waals surface area (Å²) in [5.41, 5.74) is 2.23. The second-order valence-corrected chi connectivity index (χ2v) is 12.0. The number of hydrogen-bond donors (Lipinski definition) is 0. The number of esters is 4. The van der Waals surface area contributed by atoms with Gasteiger partial charge in [0.05, 0.1) is 30.1 Å². The first kappa shape index (κ1) is 35.4. The number of carbonyl (C=O) groups excluding carboxylic acids is 4. The molecule has 0 amide bonds. The Balaban J connectivity index is 1.56. The lowest BCUT2D eigenvalue weighted by Crippen LogP contribution is -2.27. The molecule has 0 atom stereocenters. The van der Waals surface area contributed by atoms with E-state index in [-0.39, 0.29) is 43.3 Å². The normalized spacial score (nSPS) is 10.7. The topological polar surface area (TPSA) is 105 Å². The van der Waals surface area contributed by atoms with Crippen LogP contribution in [0.4, 0.5) is 0 Å². The van der Waals surface area contributed by atoms with Gasteiger partial charge in [-0.1, -0.05) is 129 Å². The van der Waals surface area contributed by atoms with Crippen LogP contribution >= 0.6 is 69.6 Å². The summed E-state index contributed by atoms with van der Waals surface area (Å²) in [4.78, 5) is 52.0. The van der Waals surface area contributed by atoms with Crippen LogP contribution in [-0.4, -0.2) is 23.9 Å². The minimum atomic E-state index is -1.69. The standard InChI is InChI=1S/C32H20Cl6O8/c1-15-3-7-17(8-4-15)13-43-29(39)23-25(37)19(33)11-21(35)27(23)45-31(41)32(42)46-28-22(36)12-20(34)26(38)24(28)30(40)44-14-18-9-5-16(2)6-10-18/h3-12H,13-14H2,1-2H3. The highest BCUT2D eigenvalue weighted by Gasteiger charge is 2.32. The quantitative estimate of drug-likeness (QED) is 0.0761. The average molecular weight is 745 g/mol. The van der Waals surface area contributed by atoms with Gasteiger partial charge in [-0.05, 0) is 37.1 Å². The first-order valence-electron chi connectivity index (χ1n) is 13.0. The monoisotopic (exact) mass is 742 g/mol. The SMILES string of the molecule is Cc1ccc(COC(=O)c2c(Cl)c(Cl)cc(Cl)c2OC(=O)C(=O)Oc2c(Cl)cc(Cl)c(Cl)c2C(=O)OCc2ccc(C)cc2)cc1. The van der Waals surface area contributed by atoms with Crippen molar-refractivity contribution in [2.24, 2.45) is 0 Å². The average Bonchev–Trinajstić information content (AvgIpc) is 3.01. The highest BCUT2D eigenvalue weighted by atomic mass is 35.5. The minimum Gasteiger partial charge on any atom is -0.457 e. The van der Waals surface area contributed by atoms with Gasteiger partial charge in [0.2, 0.25) is 0 Å². The second kappa shape index (κ2) is 15.4. The number of benzene rings is 4. The third-order valence-electron chi connectivity index (χ3n) is 6.20. The van der Waals surface area contributed by atoms with Crippen molar-refractivity contribution in [2.45, 2.75) is 27.1 Å². The Hall–Kier alpha value is -3.50. The van der Waals surface area contributed by atoms with Crippen LogP contribution < -0.4 is 9.47 Å². The van der Waals surface area contributed by atoms with E-state index in [4.69, 9.17) is 88.6 Å². The Morgan fingerprint density at radius 3 is 1.17 bits per heavy atom. The molecule has 0 unspecified atom stereocenters. The third-order valence-corrected chi connectivity index (χ3v) is 8.34. The summed E-state index contributed by atoms with van der Waals surface area (Å²) in [5, 5.41) is -1.75. The first-order valence-corrected chi connectivity index (χ1v) is 15.3. The van der Waals surface area contributed by atoms with Crippen LogP contribution in [0.3, 0.4) is 0 Å². The fourth-order valence-corrected chi connectivity index (χ4v) is 5.24. The van der Waals surface area contributed by atoms with E-state index in [2.05, 4.69) is 0 Å². The Kier molecular flexibility index (Phi) is 11.8.